The molecule has 4 nitrogen and oxygen atoms in total. The fourth-order valence-corrected chi connectivity index (χ4v) is 2.09. The van der Waals surface area contributed by atoms with E-state index in [1.54, 1.807) is 17.3 Å². The van der Waals surface area contributed by atoms with E-state index in [0.29, 0.717) is 6.54 Å². The van der Waals surface area contributed by atoms with Gasteiger partial charge in [0, 0.05) is 18.9 Å². The molecule has 0 saturated heterocycles. The Hall–Kier alpha value is -1.84. The molecular weight excluding hydrogens is 240 g/mol. The Morgan fingerprint density at radius 1 is 1.32 bits per heavy atom. The normalized spacial score (nSPS) is 19.3. The molecule has 1 aromatic rings. The average Bonchev–Trinajstić information content (AvgIpc) is 2.38. The second-order valence-corrected chi connectivity index (χ2v) is 5.64. The van der Waals surface area contributed by atoms with Gasteiger partial charge in [0.15, 0.2) is 0 Å². The predicted molar refractivity (Wildman–Crippen MR) is 73.7 cm³/mol. The number of carbonyl (C=O) groups is 1. The maximum Gasteiger partial charge on any atom is 0.411 e. The summed E-state index contributed by atoms with van der Waals surface area (Å²) < 4.78 is 5.47. The van der Waals surface area contributed by atoms with Crippen LogP contribution in [0.3, 0.4) is 0 Å². The van der Waals surface area contributed by atoms with Gasteiger partial charge in [-0.1, -0.05) is 12.2 Å². The molecule has 2 rings (SSSR count). The van der Waals surface area contributed by atoms with Gasteiger partial charge in [0.2, 0.25) is 0 Å². The molecule has 1 aromatic heterocycles. The Labute approximate surface area is 114 Å². The number of rotatable bonds is 1. The van der Waals surface area contributed by atoms with Crippen LogP contribution in [0.2, 0.25) is 0 Å². The van der Waals surface area contributed by atoms with Crippen LogP contribution in [0, 0.1) is 0 Å². The van der Waals surface area contributed by atoms with Crippen molar-refractivity contribution in [2.45, 2.75) is 38.8 Å². The largest absolute Gasteiger partial charge is 0.444 e. The molecule has 0 radical (unpaired) electrons. The summed E-state index contributed by atoms with van der Waals surface area (Å²) in [7, 11) is 0. The van der Waals surface area contributed by atoms with Crippen molar-refractivity contribution in [2.75, 3.05) is 6.54 Å². The highest BCUT2D eigenvalue weighted by atomic mass is 16.6. The molecule has 0 aliphatic carbocycles. The van der Waals surface area contributed by atoms with Crippen molar-refractivity contribution >= 4 is 6.09 Å². The number of hydrogen-bond donors (Lipinski definition) is 0. The van der Waals surface area contributed by atoms with Crippen LogP contribution in [0.1, 0.15) is 38.8 Å². The minimum Gasteiger partial charge on any atom is -0.444 e. The topological polar surface area (TPSA) is 42.4 Å². The highest BCUT2D eigenvalue weighted by Crippen LogP contribution is 2.28. The molecule has 1 unspecified atom stereocenters. The Bertz CT molecular complexity index is 463. The number of aromatic nitrogens is 1. The zero-order chi connectivity index (χ0) is 13.9. The number of amides is 1. The predicted octanol–water partition coefficient (Wildman–Crippen LogP) is 3.32. The standard InChI is InChI=1S/C15H20N2O2/c1-15(2,3)19-14(18)17-11-5-4-6-13(17)12-7-9-16-10-8-12/h4-5,7-10,13H,6,11H2,1-3H3. The lowest BCUT2D eigenvalue weighted by atomic mass is 10.0. The molecule has 0 spiro atoms. The summed E-state index contributed by atoms with van der Waals surface area (Å²) in [6.07, 6.45) is 8.15. The molecular formula is C15H20N2O2. The quantitative estimate of drug-likeness (QED) is 0.727. The molecule has 0 aromatic carbocycles. The van der Waals surface area contributed by atoms with Crippen molar-refractivity contribution in [3.63, 3.8) is 0 Å². The first-order valence-electron chi connectivity index (χ1n) is 6.52. The van der Waals surface area contributed by atoms with Gasteiger partial charge >= 0.3 is 6.09 Å². The zero-order valence-corrected chi connectivity index (χ0v) is 11.7. The third-order valence-corrected chi connectivity index (χ3v) is 2.92. The molecule has 2 heterocycles. The lowest BCUT2D eigenvalue weighted by Crippen LogP contribution is -2.40. The summed E-state index contributed by atoms with van der Waals surface area (Å²) in [6, 6.07) is 3.92. The van der Waals surface area contributed by atoms with E-state index in [-0.39, 0.29) is 12.1 Å². The number of hydrogen-bond acceptors (Lipinski definition) is 3. The maximum atomic E-state index is 12.3. The van der Waals surface area contributed by atoms with Crippen molar-refractivity contribution in [3.8, 4) is 0 Å². The van der Waals surface area contributed by atoms with Crippen LogP contribution < -0.4 is 0 Å². The Kier molecular flexibility index (Phi) is 3.88. The van der Waals surface area contributed by atoms with Crippen molar-refractivity contribution < 1.29 is 9.53 Å². The SMILES string of the molecule is CC(C)(C)OC(=O)N1CC=CCC1c1ccncc1. The van der Waals surface area contributed by atoms with Crippen molar-refractivity contribution in [1.82, 2.24) is 9.88 Å². The van der Waals surface area contributed by atoms with E-state index in [1.165, 1.54) is 0 Å². The first-order valence-corrected chi connectivity index (χ1v) is 6.52. The maximum absolute atomic E-state index is 12.3. The molecule has 1 aliphatic heterocycles. The minimum atomic E-state index is -0.471. The average molecular weight is 260 g/mol. The van der Waals surface area contributed by atoms with E-state index >= 15 is 0 Å². The van der Waals surface area contributed by atoms with E-state index in [0.717, 1.165) is 12.0 Å². The van der Waals surface area contributed by atoms with Crippen LogP contribution in [0.5, 0.6) is 0 Å². The monoisotopic (exact) mass is 260 g/mol. The lowest BCUT2D eigenvalue weighted by molar-refractivity contribution is 0.0176. The summed E-state index contributed by atoms with van der Waals surface area (Å²) in [4.78, 5) is 18.0. The van der Waals surface area contributed by atoms with Gasteiger partial charge in [0.1, 0.15) is 5.60 Å². The number of nitrogens with zero attached hydrogens (tertiary/aromatic N) is 2. The van der Waals surface area contributed by atoms with Crippen LogP contribution in [-0.4, -0.2) is 28.1 Å². The number of pyridine rings is 1. The van der Waals surface area contributed by atoms with E-state index in [2.05, 4.69) is 11.1 Å². The minimum absolute atomic E-state index is 0.0304. The van der Waals surface area contributed by atoms with Crippen molar-refractivity contribution in [3.05, 3.63) is 42.2 Å². The first-order chi connectivity index (χ1) is 8.97. The smallest absolute Gasteiger partial charge is 0.411 e. The Morgan fingerprint density at radius 3 is 2.63 bits per heavy atom. The molecule has 0 saturated carbocycles. The van der Waals surface area contributed by atoms with E-state index in [1.807, 2.05) is 39.0 Å². The zero-order valence-electron chi connectivity index (χ0n) is 11.7. The fraction of sp³-hybridized carbons (Fsp3) is 0.467. The highest BCUT2D eigenvalue weighted by Gasteiger charge is 2.29. The Balaban J connectivity index is 2.18. The van der Waals surface area contributed by atoms with Crippen LogP contribution in [-0.2, 0) is 4.74 Å². The molecule has 1 amide bonds. The molecule has 19 heavy (non-hydrogen) atoms. The van der Waals surface area contributed by atoms with Gasteiger partial charge in [-0.3, -0.25) is 9.88 Å². The third-order valence-electron chi connectivity index (χ3n) is 2.92. The lowest BCUT2D eigenvalue weighted by Gasteiger charge is -2.34. The summed E-state index contributed by atoms with van der Waals surface area (Å²) in [6.45, 7) is 6.23. The van der Waals surface area contributed by atoms with Crippen molar-refractivity contribution in [2.24, 2.45) is 0 Å². The van der Waals surface area contributed by atoms with E-state index in [9.17, 15) is 4.79 Å². The molecule has 4 heteroatoms. The van der Waals surface area contributed by atoms with Crippen LogP contribution >= 0.6 is 0 Å². The van der Waals surface area contributed by atoms with Crippen LogP contribution in [0.4, 0.5) is 4.79 Å². The fourth-order valence-electron chi connectivity index (χ4n) is 2.09. The van der Waals surface area contributed by atoms with Gasteiger partial charge in [-0.15, -0.1) is 0 Å². The molecule has 1 aliphatic rings. The van der Waals surface area contributed by atoms with Gasteiger partial charge in [-0.25, -0.2) is 4.79 Å². The van der Waals surface area contributed by atoms with Gasteiger partial charge in [0.25, 0.3) is 0 Å². The molecule has 0 N–H and O–H groups in total. The summed E-state index contributed by atoms with van der Waals surface area (Å²) >= 11 is 0. The molecule has 102 valence electrons. The second-order valence-electron chi connectivity index (χ2n) is 5.64. The molecule has 0 fully saturated rings. The summed E-state index contributed by atoms with van der Waals surface area (Å²) in [5.74, 6) is 0. The summed E-state index contributed by atoms with van der Waals surface area (Å²) in [5, 5.41) is 0. The van der Waals surface area contributed by atoms with Crippen LogP contribution in [0.25, 0.3) is 0 Å². The van der Waals surface area contributed by atoms with Gasteiger partial charge in [-0.05, 0) is 44.9 Å². The van der Waals surface area contributed by atoms with Crippen molar-refractivity contribution in [1.29, 1.82) is 0 Å². The van der Waals surface area contributed by atoms with E-state index in [4.69, 9.17) is 4.74 Å². The van der Waals surface area contributed by atoms with Gasteiger partial charge in [0.05, 0.1) is 6.04 Å². The summed E-state index contributed by atoms with van der Waals surface area (Å²) in [5.41, 5.74) is 0.617. The van der Waals surface area contributed by atoms with Crippen LogP contribution in [0.15, 0.2) is 36.7 Å². The molecule has 0 bridgehead atoms. The second kappa shape index (κ2) is 5.43. The first kappa shape index (κ1) is 13.6. The Morgan fingerprint density at radius 2 is 2.00 bits per heavy atom. The highest BCUT2D eigenvalue weighted by molar-refractivity contribution is 5.69. The third kappa shape index (κ3) is 3.56. The molecule has 1 atom stereocenters. The van der Waals surface area contributed by atoms with E-state index < -0.39 is 5.60 Å². The van der Waals surface area contributed by atoms with Gasteiger partial charge < -0.3 is 4.74 Å². The van der Waals surface area contributed by atoms with Gasteiger partial charge in [-0.2, -0.15) is 0 Å². The number of ether oxygens (including phenoxy) is 1. The number of carbonyl (C=O) groups excluding carboxylic acids is 1.